The van der Waals surface area contributed by atoms with Crippen LogP contribution >= 0.6 is 11.3 Å². The summed E-state index contributed by atoms with van der Waals surface area (Å²) in [5.74, 6) is -0.811. The van der Waals surface area contributed by atoms with E-state index in [1.165, 1.54) is 11.3 Å². The van der Waals surface area contributed by atoms with Gasteiger partial charge in [0.05, 0.1) is 0 Å². The van der Waals surface area contributed by atoms with Crippen molar-refractivity contribution in [1.29, 1.82) is 0 Å². The molecule has 0 unspecified atom stereocenters. The third kappa shape index (κ3) is 2.70. The first-order valence-corrected chi connectivity index (χ1v) is 7.74. The highest BCUT2D eigenvalue weighted by Crippen LogP contribution is 2.32. The SMILES string of the molecule is O=C(O)c1sc2ccccc2c1CN1CCCNCC1. The van der Waals surface area contributed by atoms with Gasteiger partial charge < -0.3 is 10.4 Å². The molecule has 2 heterocycles. The molecule has 1 aromatic heterocycles. The number of thiophene rings is 1. The number of nitrogens with one attached hydrogen (secondary N) is 1. The maximum atomic E-state index is 11.5. The van der Waals surface area contributed by atoms with Crippen LogP contribution in [0, 0.1) is 0 Å². The smallest absolute Gasteiger partial charge is 0.346 e. The first kappa shape index (κ1) is 13.5. The van der Waals surface area contributed by atoms with E-state index in [4.69, 9.17) is 0 Å². The normalized spacial score (nSPS) is 17.2. The average molecular weight is 290 g/mol. The summed E-state index contributed by atoms with van der Waals surface area (Å²) in [6, 6.07) is 7.97. The molecule has 1 aliphatic heterocycles. The van der Waals surface area contributed by atoms with Crippen molar-refractivity contribution in [1.82, 2.24) is 10.2 Å². The lowest BCUT2D eigenvalue weighted by Crippen LogP contribution is -2.28. The van der Waals surface area contributed by atoms with Crippen LogP contribution in [0.25, 0.3) is 10.1 Å². The van der Waals surface area contributed by atoms with Crippen LogP contribution in [-0.2, 0) is 6.54 Å². The minimum atomic E-state index is -0.811. The Bertz CT molecular complexity index is 615. The zero-order valence-electron chi connectivity index (χ0n) is 11.3. The number of nitrogens with zero attached hydrogens (tertiary/aromatic N) is 1. The molecule has 106 valence electrons. The number of aromatic carboxylic acids is 1. The molecule has 0 aliphatic carbocycles. The van der Waals surface area contributed by atoms with Crippen LogP contribution in [0.3, 0.4) is 0 Å². The van der Waals surface area contributed by atoms with E-state index >= 15 is 0 Å². The van der Waals surface area contributed by atoms with E-state index in [1.54, 1.807) is 0 Å². The van der Waals surface area contributed by atoms with Gasteiger partial charge in [-0.3, -0.25) is 4.90 Å². The van der Waals surface area contributed by atoms with Crippen LogP contribution in [0.4, 0.5) is 0 Å². The second kappa shape index (κ2) is 5.91. The van der Waals surface area contributed by atoms with Gasteiger partial charge in [-0.15, -0.1) is 11.3 Å². The Morgan fingerprint density at radius 3 is 3.00 bits per heavy atom. The van der Waals surface area contributed by atoms with Crippen LogP contribution in [-0.4, -0.2) is 42.2 Å². The van der Waals surface area contributed by atoms with Gasteiger partial charge in [-0.2, -0.15) is 0 Å². The van der Waals surface area contributed by atoms with Crippen molar-refractivity contribution in [3.05, 3.63) is 34.7 Å². The van der Waals surface area contributed by atoms with Crippen LogP contribution in [0.1, 0.15) is 21.7 Å². The predicted octanol–water partition coefficient (Wildman–Crippen LogP) is 2.39. The number of carboxylic acids is 1. The highest BCUT2D eigenvalue weighted by atomic mass is 32.1. The number of carboxylic acid groups (broad SMARTS) is 1. The Morgan fingerprint density at radius 1 is 1.30 bits per heavy atom. The van der Waals surface area contributed by atoms with E-state index in [0.29, 0.717) is 4.88 Å². The van der Waals surface area contributed by atoms with Crippen molar-refractivity contribution >= 4 is 27.4 Å². The van der Waals surface area contributed by atoms with Gasteiger partial charge in [0.25, 0.3) is 0 Å². The van der Waals surface area contributed by atoms with Crippen molar-refractivity contribution in [2.75, 3.05) is 26.2 Å². The quantitative estimate of drug-likeness (QED) is 0.911. The summed E-state index contributed by atoms with van der Waals surface area (Å²) in [5.41, 5.74) is 0.972. The molecule has 1 fully saturated rings. The monoisotopic (exact) mass is 290 g/mol. The Balaban J connectivity index is 1.95. The number of rotatable bonds is 3. The van der Waals surface area contributed by atoms with Gasteiger partial charge in [0.1, 0.15) is 4.88 Å². The van der Waals surface area contributed by atoms with Crippen LogP contribution in [0.15, 0.2) is 24.3 Å². The maximum absolute atomic E-state index is 11.5. The summed E-state index contributed by atoms with van der Waals surface area (Å²) in [4.78, 5) is 14.3. The van der Waals surface area contributed by atoms with Gasteiger partial charge in [-0.25, -0.2) is 4.79 Å². The molecule has 2 aromatic rings. The molecule has 0 saturated carbocycles. The molecule has 0 amide bonds. The largest absolute Gasteiger partial charge is 0.477 e. The highest BCUT2D eigenvalue weighted by molar-refractivity contribution is 7.21. The first-order chi connectivity index (χ1) is 9.75. The molecular formula is C15H18N2O2S. The van der Waals surface area contributed by atoms with Crippen molar-refractivity contribution in [3.8, 4) is 0 Å². The van der Waals surface area contributed by atoms with Gasteiger partial charge in [0.15, 0.2) is 0 Å². The lowest BCUT2D eigenvalue weighted by atomic mass is 10.1. The fourth-order valence-electron chi connectivity index (χ4n) is 2.71. The van der Waals surface area contributed by atoms with E-state index < -0.39 is 5.97 Å². The van der Waals surface area contributed by atoms with Gasteiger partial charge in [0, 0.05) is 24.3 Å². The minimum absolute atomic E-state index is 0.489. The summed E-state index contributed by atoms with van der Waals surface area (Å²) in [7, 11) is 0. The van der Waals surface area contributed by atoms with Gasteiger partial charge in [-0.05, 0) is 36.5 Å². The lowest BCUT2D eigenvalue weighted by molar-refractivity contribution is 0.0700. The van der Waals surface area contributed by atoms with Crippen LogP contribution in [0.5, 0.6) is 0 Å². The fraction of sp³-hybridized carbons (Fsp3) is 0.400. The molecule has 4 nitrogen and oxygen atoms in total. The summed E-state index contributed by atoms with van der Waals surface area (Å²) in [5, 5.41) is 13.9. The molecule has 3 rings (SSSR count). The zero-order valence-corrected chi connectivity index (χ0v) is 12.1. The molecular weight excluding hydrogens is 272 g/mol. The first-order valence-electron chi connectivity index (χ1n) is 6.92. The Kier molecular flexibility index (Phi) is 4.00. The van der Waals surface area contributed by atoms with Gasteiger partial charge in [0.2, 0.25) is 0 Å². The Morgan fingerprint density at radius 2 is 2.15 bits per heavy atom. The molecule has 2 N–H and O–H groups in total. The van der Waals surface area contributed by atoms with Crippen molar-refractivity contribution in [3.63, 3.8) is 0 Å². The fourth-order valence-corrected chi connectivity index (χ4v) is 3.76. The van der Waals surface area contributed by atoms with E-state index in [0.717, 1.165) is 54.8 Å². The second-order valence-corrected chi connectivity index (χ2v) is 6.14. The molecule has 0 radical (unpaired) electrons. The summed E-state index contributed by atoms with van der Waals surface area (Å²) < 4.78 is 1.06. The third-order valence-corrected chi connectivity index (χ3v) is 4.91. The number of carbonyl (C=O) groups is 1. The van der Waals surface area contributed by atoms with Crippen molar-refractivity contribution in [2.24, 2.45) is 0 Å². The average Bonchev–Trinajstić information content (AvgIpc) is 2.62. The van der Waals surface area contributed by atoms with Crippen LogP contribution in [0.2, 0.25) is 0 Å². The third-order valence-electron chi connectivity index (χ3n) is 3.71. The summed E-state index contributed by atoms with van der Waals surface area (Å²) in [6.07, 6.45) is 1.12. The maximum Gasteiger partial charge on any atom is 0.346 e. The minimum Gasteiger partial charge on any atom is -0.477 e. The highest BCUT2D eigenvalue weighted by Gasteiger charge is 2.20. The second-order valence-electron chi connectivity index (χ2n) is 5.09. The Labute approximate surface area is 122 Å². The van der Waals surface area contributed by atoms with Gasteiger partial charge >= 0.3 is 5.97 Å². The van der Waals surface area contributed by atoms with Gasteiger partial charge in [-0.1, -0.05) is 18.2 Å². The van der Waals surface area contributed by atoms with Crippen molar-refractivity contribution in [2.45, 2.75) is 13.0 Å². The van der Waals surface area contributed by atoms with Crippen LogP contribution < -0.4 is 5.32 Å². The number of benzene rings is 1. The lowest BCUT2D eigenvalue weighted by Gasteiger charge is -2.19. The molecule has 1 aliphatic rings. The Hall–Kier alpha value is -1.43. The molecule has 5 heteroatoms. The number of hydrogen-bond acceptors (Lipinski definition) is 4. The molecule has 0 atom stereocenters. The zero-order chi connectivity index (χ0) is 13.9. The van der Waals surface area contributed by atoms with E-state index in [2.05, 4.69) is 10.2 Å². The van der Waals surface area contributed by atoms with E-state index in [1.807, 2.05) is 24.3 Å². The van der Waals surface area contributed by atoms with E-state index in [-0.39, 0.29) is 0 Å². The number of hydrogen-bond donors (Lipinski definition) is 2. The van der Waals surface area contributed by atoms with Crippen molar-refractivity contribution < 1.29 is 9.90 Å². The summed E-state index contributed by atoms with van der Waals surface area (Å²) in [6.45, 7) is 4.75. The molecule has 1 saturated heterocycles. The summed E-state index contributed by atoms with van der Waals surface area (Å²) >= 11 is 1.38. The molecule has 20 heavy (non-hydrogen) atoms. The standard InChI is InChI=1S/C15H18N2O2S/c18-15(19)14-12(10-17-8-3-6-16-7-9-17)11-4-1-2-5-13(11)20-14/h1-2,4-5,16H,3,6-10H2,(H,18,19). The topological polar surface area (TPSA) is 52.6 Å². The van der Waals surface area contributed by atoms with E-state index in [9.17, 15) is 9.90 Å². The predicted molar refractivity (Wildman–Crippen MR) is 81.5 cm³/mol. The molecule has 1 aromatic carbocycles. The molecule has 0 bridgehead atoms. The molecule has 0 spiro atoms. The number of fused-ring (bicyclic) bond motifs is 1.